The lowest BCUT2D eigenvalue weighted by atomic mass is 10.2. The summed E-state index contributed by atoms with van der Waals surface area (Å²) in [6.07, 6.45) is 2.37. The Morgan fingerprint density at radius 2 is 2.33 bits per heavy atom. The highest BCUT2D eigenvalue weighted by Crippen LogP contribution is 2.21. The second-order valence-corrected chi connectivity index (χ2v) is 2.86. The Morgan fingerprint density at radius 3 is 3.07 bits per heavy atom. The fourth-order valence-electron chi connectivity index (χ4n) is 1.30. The Labute approximate surface area is 83.5 Å². The largest absolute Gasteiger partial charge is 0.506 e. The van der Waals surface area contributed by atoms with Crippen LogP contribution in [0.2, 0.25) is 0 Å². The SMILES string of the molecule is O=c1[nH]c2ncccc2c(O)c1/C=N/O. The van der Waals surface area contributed by atoms with E-state index in [9.17, 15) is 9.90 Å². The van der Waals surface area contributed by atoms with Gasteiger partial charge in [0.2, 0.25) is 0 Å². The van der Waals surface area contributed by atoms with Crippen molar-refractivity contribution in [3.63, 3.8) is 0 Å². The molecule has 6 nitrogen and oxygen atoms in total. The molecule has 0 fully saturated rings. The van der Waals surface area contributed by atoms with Crippen LogP contribution in [0.1, 0.15) is 5.56 Å². The molecule has 0 saturated heterocycles. The van der Waals surface area contributed by atoms with Crippen LogP contribution in [-0.2, 0) is 0 Å². The Bertz CT molecular complexity index is 589. The lowest BCUT2D eigenvalue weighted by Crippen LogP contribution is -2.12. The highest BCUT2D eigenvalue weighted by molar-refractivity contribution is 5.92. The van der Waals surface area contributed by atoms with Gasteiger partial charge in [0, 0.05) is 6.20 Å². The van der Waals surface area contributed by atoms with Gasteiger partial charge in [-0.3, -0.25) is 4.79 Å². The number of hydrogen-bond acceptors (Lipinski definition) is 5. The zero-order valence-corrected chi connectivity index (χ0v) is 7.51. The van der Waals surface area contributed by atoms with Gasteiger partial charge in [-0.25, -0.2) is 4.98 Å². The smallest absolute Gasteiger partial charge is 0.262 e. The molecule has 0 atom stereocenters. The molecule has 0 amide bonds. The van der Waals surface area contributed by atoms with Crippen molar-refractivity contribution < 1.29 is 10.3 Å². The topological polar surface area (TPSA) is 98.6 Å². The zero-order chi connectivity index (χ0) is 10.8. The Hall–Kier alpha value is -2.37. The molecule has 0 radical (unpaired) electrons. The van der Waals surface area contributed by atoms with E-state index in [1.54, 1.807) is 12.1 Å². The van der Waals surface area contributed by atoms with E-state index >= 15 is 0 Å². The molecule has 15 heavy (non-hydrogen) atoms. The molecule has 0 bridgehead atoms. The minimum Gasteiger partial charge on any atom is -0.506 e. The molecule has 3 N–H and O–H groups in total. The summed E-state index contributed by atoms with van der Waals surface area (Å²) < 4.78 is 0. The quantitative estimate of drug-likeness (QED) is 0.357. The van der Waals surface area contributed by atoms with E-state index in [1.165, 1.54) is 6.20 Å². The summed E-state index contributed by atoms with van der Waals surface area (Å²) in [5.41, 5.74) is -0.371. The van der Waals surface area contributed by atoms with E-state index in [1.807, 2.05) is 0 Å². The molecule has 76 valence electrons. The molecule has 0 saturated carbocycles. The second-order valence-electron chi connectivity index (χ2n) is 2.86. The van der Waals surface area contributed by atoms with E-state index in [0.29, 0.717) is 5.39 Å². The van der Waals surface area contributed by atoms with Gasteiger partial charge >= 0.3 is 0 Å². The van der Waals surface area contributed by atoms with E-state index in [-0.39, 0.29) is 17.0 Å². The lowest BCUT2D eigenvalue weighted by molar-refractivity contribution is 0.321. The van der Waals surface area contributed by atoms with Gasteiger partial charge < -0.3 is 15.3 Å². The van der Waals surface area contributed by atoms with E-state index in [4.69, 9.17) is 5.21 Å². The van der Waals surface area contributed by atoms with Gasteiger partial charge in [-0.15, -0.1) is 0 Å². The van der Waals surface area contributed by atoms with Crippen molar-refractivity contribution in [1.82, 2.24) is 9.97 Å². The molecule has 0 aliphatic heterocycles. The molecule has 0 unspecified atom stereocenters. The number of aromatic nitrogens is 2. The molecule has 6 heteroatoms. The maximum absolute atomic E-state index is 11.4. The molecule has 2 aromatic heterocycles. The number of H-pyrrole nitrogens is 1. The minimum atomic E-state index is -0.559. The Kier molecular flexibility index (Phi) is 2.09. The average molecular weight is 205 g/mol. The summed E-state index contributed by atoms with van der Waals surface area (Å²) in [6, 6.07) is 3.22. The van der Waals surface area contributed by atoms with Crippen molar-refractivity contribution in [3.05, 3.63) is 34.2 Å². The van der Waals surface area contributed by atoms with Gasteiger partial charge in [-0.1, -0.05) is 5.16 Å². The number of oxime groups is 1. The Morgan fingerprint density at radius 1 is 1.53 bits per heavy atom. The van der Waals surface area contributed by atoms with Crippen molar-refractivity contribution in [2.24, 2.45) is 5.16 Å². The minimum absolute atomic E-state index is 0.0991. The summed E-state index contributed by atoms with van der Waals surface area (Å²) in [7, 11) is 0. The highest BCUT2D eigenvalue weighted by atomic mass is 16.4. The lowest BCUT2D eigenvalue weighted by Gasteiger charge is -2.01. The summed E-state index contributed by atoms with van der Waals surface area (Å²) in [4.78, 5) is 17.7. The van der Waals surface area contributed by atoms with Crippen LogP contribution >= 0.6 is 0 Å². The van der Waals surface area contributed by atoms with Gasteiger partial charge in [0.05, 0.1) is 11.6 Å². The first kappa shape index (κ1) is 9.20. The number of fused-ring (bicyclic) bond motifs is 1. The summed E-state index contributed by atoms with van der Waals surface area (Å²) >= 11 is 0. The number of rotatable bonds is 1. The normalized spacial score (nSPS) is 11.2. The van der Waals surface area contributed by atoms with Crippen LogP contribution in [0.3, 0.4) is 0 Å². The van der Waals surface area contributed by atoms with Crippen LogP contribution < -0.4 is 5.56 Å². The van der Waals surface area contributed by atoms with Crippen LogP contribution in [0, 0.1) is 0 Å². The standard InChI is InChI=1S/C9H7N3O3/c13-7-5-2-1-3-10-8(5)12-9(14)6(7)4-11-15/h1-4,15H,(H2,10,12,13,14)/b11-4+. The van der Waals surface area contributed by atoms with Crippen LogP contribution in [0.25, 0.3) is 11.0 Å². The number of aromatic amines is 1. The van der Waals surface area contributed by atoms with Crippen molar-refractivity contribution in [3.8, 4) is 5.75 Å². The van der Waals surface area contributed by atoms with Gasteiger partial charge in [0.1, 0.15) is 17.0 Å². The maximum Gasteiger partial charge on any atom is 0.262 e. The summed E-state index contributed by atoms with van der Waals surface area (Å²) in [6.45, 7) is 0. The molecule has 2 heterocycles. The van der Waals surface area contributed by atoms with Crippen LogP contribution in [0.5, 0.6) is 5.75 Å². The first-order chi connectivity index (χ1) is 7.24. The predicted molar refractivity (Wildman–Crippen MR) is 53.4 cm³/mol. The molecule has 2 aromatic rings. The van der Waals surface area contributed by atoms with Crippen LogP contribution in [-0.4, -0.2) is 26.5 Å². The number of hydrogen-bond donors (Lipinski definition) is 3. The van der Waals surface area contributed by atoms with E-state index in [0.717, 1.165) is 6.21 Å². The molecular weight excluding hydrogens is 198 g/mol. The van der Waals surface area contributed by atoms with Crippen LogP contribution in [0.4, 0.5) is 0 Å². The van der Waals surface area contributed by atoms with Crippen molar-refractivity contribution in [1.29, 1.82) is 0 Å². The summed E-state index contributed by atoms with van der Waals surface area (Å²) in [5.74, 6) is -0.250. The van der Waals surface area contributed by atoms with E-state index in [2.05, 4.69) is 15.1 Å². The third-order valence-corrected chi connectivity index (χ3v) is 1.98. The third kappa shape index (κ3) is 1.41. The molecular formula is C9H7N3O3. The third-order valence-electron chi connectivity index (χ3n) is 1.98. The average Bonchev–Trinajstić information content (AvgIpc) is 2.24. The maximum atomic E-state index is 11.4. The number of pyridine rings is 2. The molecule has 0 aromatic carbocycles. The van der Waals surface area contributed by atoms with E-state index < -0.39 is 5.56 Å². The van der Waals surface area contributed by atoms with Gasteiger partial charge in [0.25, 0.3) is 5.56 Å². The van der Waals surface area contributed by atoms with Gasteiger partial charge in [-0.05, 0) is 12.1 Å². The van der Waals surface area contributed by atoms with Gasteiger partial charge in [0.15, 0.2) is 0 Å². The Balaban J connectivity index is 2.90. The molecule has 0 spiro atoms. The first-order valence-corrected chi connectivity index (χ1v) is 4.11. The van der Waals surface area contributed by atoms with Gasteiger partial charge in [-0.2, -0.15) is 0 Å². The monoisotopic (exact) mass is 205 g/mol. The summed E-state index contributed by atoms with van der Waals surface area (Å²) in [5, 5.41) is 21.1. The highest BCUT2D eigenvalue weighted by Gasteiger charge is 2.09. The van der Waals surface area contributed by atoms with Crippen LogP contribution in [0.15, 0.2) is 28.3 Å². The number of nitrogens with one attached hydrogen (secondary N) is 1. The number of nitrogens with zero attached hydrogens (tertiary/aromatic N) is 2. The molecule has 0 aliphatic rings. The zero-order valence-electron chi connectivity index (χ0n) is 7.51. The molecule has 2 rings (SSSR count). The van der Waals surface area contributed by atoms with Crippen molar-refractivity contribution in [2.75, 3.05) is 0 Å². The number of aromatic hydroxyl groups is 1. The fraction of sp³-hybridized carbons (Fsp3) is 0. The second kappa shape index (κ2) is 3.41. The van der Waals surface area contributed by atoms with Crippen molar-refractivity contribution >= 4 is 17.2 Å². The predicted octanol–water partition coefficient (Wildman–Crippen LogP) is 0.437. The van der Waals surface area contributed by atoms with Crippen molar-refractivity contribution in [2.45, 2.75) is 0 Å². The molecule has 0 aliphatic carbocycles. The fourth-order valence-corrected chi connectivity index (χ4v) is 1.30. The first-order valence-electron chi connectivity index (χ1n) is 4.11.